The molecule has 0 aromatic heterocycles. The van der Waals surface area contributed by atoms with Gasteiger partial charge in [-0.1, -0.05) is 48.0 Å². The van der Waals surface area contributed by atoms with Crippen LogP contribution in [0.1, 0.15) is 31.0 Å². The van der Waals surface area contributed by atoms with E-state index in [0.29, 0.717) is 0 Å². The number of aryl methyl sites for hydroxylation is 1. The average molecular weight is 371 g/mol. The molecule has 0 heterocycles. The monoisotopic (exact) mass is 370 g/mol. The summed E-state index contributed by atoms with van der Waals surface area (Å²) in [5.74, 6) is 0.167. The Morgan fingerprint density at radius 1 is 1.04 bits per heavy atom. The molecule has 4 nitrogen and oxygen atoms in total. The number of amides is 2. The molecular formula is C21H26N2O2S. The highest BCUT2D eigenvalue weighted by Crippen LogP contribution is 2.22. The molecule has 0 fully saturated rings. The van der Waals surface area contributed by atoms with Crippen LogP contribution in [-0.2, 0) is 9.59 Å². The van der Waals surface area contributed by atoms with E-state index in [4.69, 9.17) is 0 Å². The molecule has 1 N–H and O–H groups in total. The fraction of sp³-hybridized carbons (Fsp3) is 0.333. The molecular weight excluding hydrogens is 344 g/mol. The van der Waals surface area contributed by atoms with E-state index >= 15 is 0 Å². The lowest BCUT2D eigenvalue weighted by molar-refractivity contribution is -0.130. The van der Waals surface area contributed by atoms with Crippen LogP contribution in [0.3, 0.4) is 0 Å². The number of nitrogens with one attached hydrogen (secondary N) is 1. The molecule has 0 aliphatic rings. The second-order valence-corrected chi connectivity index (χ2v) is 7.73. The van der Waals surface area contributed by atoms with Crippen molar-refractivity contribution in [1.82, 2.24) is 4.90 Å². The van der Waals surface area contributed by atoms with Gasteiger partial charge in [0, 0.05) is 12.7 Å². The van der Waals surface area contributed by atoms with Crippen molar-refractivity contribution in [3.63, 3.8) is 0 Å². The fourth-order valence-corrected chi connectivity index (χ4v) is 3.32. The van der Waals surface area contributed by atoms with Crippen LogP contribution in [0.5, 0.6) is 0 Å². The minimum absolute atomic E-state index is 0.00636. The molecule has 2 rings (SSSR count). The van der Waals surface area contributed by atoms with Crippen molar-refractivity contribution in [3.8, 4) is 0 Å². The highest BCUT2D eigenvalue weighted by molar-refractivity contribution is 8.01. The summed E-state index contributed by atoms with van der Waals surface area (Å²) in [7, 11) is 1.81. The maximum absolute atomic E-state index is 12.6. The van der Waals surface area contributed by atoms with Crippen molar-refractivity contribution in [2.24, 2.45) is 0 Å². The molecule has 0 aliphatic carbocycles. The van der Waals surface area contributed by atoms with Gasteiger partial charge in [-0.05, 0) is 38.5 Å². The number of carbonyl (C=O) groups excluding carboxylic acids is 2. The number of anilines is 1. The highest BCUT2D eigenvalue weighted by atomic mass is 32.2. The van der Waals surface area contributed by atoms with E-state index in [-0.39, 0.29) is 28.9 Å². The molecule has 0 spiro atoms. The summed E-state index contributed by atoms with van der Waals surface area (Å²) < 4.78 is 0. The predicted molar refractivity (Wildman–Crippen MR) is 109 cm³/mol. The maximum atomic E-state index is 12.6. The highest BCUT2D eigenvalue weighted by Gasteiger charge is 2.23. The normalized spacial score (nSPS) is 12.9. The second-order valence-electron chi connectivity index (χ2n) is 6.40. The lowest BCUT2D eigenvalue weighted by Gasteiger charge is -2.27. The van der Waals surface area contributed by atoms with Gasteiger partial charge in [-0.3, -0.25) is 9.59 Å². The number of hydrogen-bond acceptors (Lipinski definition) is 3. The average Bonchev–Trinajstić information content (AvgIpc) is 2.66. The topological polar surface area (TPSA) is 49.4 Å². The van der Waals surface area contributed by atoms with Crippen LogP contribution < -0.4 is 5.32 Å². The Morgan fingerprint density at radius 2 is 1.65 bits per heavy atom. The largest absolute Gasteiger partial charge is 0.338 e. The van der Waals surface area contributed by atoms with Gasteiger partial charge in [0.25, 0.3) is 0 Å². The first kappa shape index (κ1) is 20.0. The first-order chi connectivity index (χ1) is 12.4. The number of thioether (sulfide) groups is 1. The Hall–Kier alpha value is -2.27. The molecule has 0 saturated heterocycles. The van der Waals surface area contributed by atoms with Crippen molar-refractivity contribution >= 4 is 29.3 Å². The molecule has 2 unspecified atom stereocenters. The zero-order chi connectivity index (χ0) is 19.1. The van der Waals surface area contributed by atoms with E-state index in [0.717, 1.165) is 16.8 Å². The number of nitrogens with zero attached hydrogens (tertiary/aromatic N) is 1. The second kappa shape index (κ2) is 9.43. The van der Waals surface area contributed by atoms with Gasteiger partial charge < -0.3 is 10.2 Å². The minimum Gasteiger partial charge on any atom is -0.338 e. The Kier molecular flexibility index (Phi) is 7.27. The van der Waals surface area contributed by atoms with Crippen LogP contribution in [-0.4, -0.2) is 34.8 Å². The molecule has 2 atom stereocenters. The Labute approximate surface area is 160 Å². The number of benzene rings is 2. The van der Waals surface area contributed by atoms with E-state index in [1.165, 1.54) is 11.8 Å². The number of rotatable bonds is 7. The first-order valence-corrected chi connectivity index (χ1v) is 9.73. The third-order valence-corrected chi connectivity index (χ3v) is 5.49. The van der Waals surface area contributed by atoms with E-state index in [1.54, 1.807) is 4.90 Å². The predicted octanol–water partition coefficient (Wildman–Crippen LogP) is 4.27. The van der Waals surface area contributed by atoms with Crippen LogP contribution in [0, 0.1) is 6.92 Å². The van der Waals surface area contributed by atoms with Gasteiger partial charge in [-0.2, -0.15) is 0 Å². The Morgan fingerprint density at radius 3 is 2.27 bits per heavy atom. The van der Waals surface area contributed by atoms with Crippen molar-refractivity contribution < 1.29 is 9.59 Å². The van der Waals surface area contributed by atoms with Gasteiger partial charge in [0.05, 0.1) is 17.0 Å². The summed E-state index contributed by atoms with van der Waals surface area (Å²) in [5, 5.41) is 2.57. The zero-order valence-electron chi connectivity index (χ0n) is 15.7. The SMILES string of the molecule is Cc1ccc(NC(=O)CSC(C)C(=O)N(C)C(C)c2ccccc2)cc1. The van der Waals surface area contributed by atoms with Crippen LogP contribution in [0.2, 0.25) is 0 Å². The van der Waals surface area contributed by atoms with Crippen molar-refractivity contribution in [3.05, 3.63) is 65.7 Å². The molecule has 2 amide bonds. The molecule has 2 aromatic carbocycles. The minimum atomic E-state index is -0.282. The molecule has 2 aromatic rings. The summed E-state index contributed by atoms with van der Waals surface area (Å²) in [6, 6.07) is 17.6. The number of carbonyl (C=O) groups is 2. The Bertz CT molecular complexity index is 731. The third-order valence-electron chi connectivity index (χ3n) is 4.36. The first-order valence-electron chi connectivity index (χ1n) is 8.68. The van der Waals surface area contributed by atoms with Crippen LogP contribution in [0.4, 0.5) is 5.69 Å². The number of hydrogen-bond donors (Lipinski definition) is 1. The lowest BCUT2D eigenvalue weighted by Crippen LogP contribution is -2.35. The van der Waals surface area contributed by atoms with Crippen molar-refractivity contribution in [2.75, 3.05) is 18.1 Å². The molecule has 0 saturated carbocycles. The van der Waals surface area contributed by atoms with Gasteiger partial charge in [0.15, 0.2) is 0 Å². The van der Waals surface area contributed by atoms with Crippen molar-refractivity contribution in [2.45, 2.75) is 32.1 Å². The zero-order valence-corrected chi connectivity index (χ0v) is 16.5. The molecule has 0 radical (unpaired) electrons. The van der Waals surface area contributed by atoms with E-state index in [2.05, 4.69) is 5.32 Å². The van der Waals surface area contributed by atoms with Gasteiger partial charge in [0.1, 0.15) is 0 Å². The summed E-state index contributed by atoms with van der Waals surface area (Å²) in [6.45, 7) is 5.86. The van der Waals surface area contributed by atoms with E-state index in [9.17, 15) is 9.59 Å². The standard InChI is InChI=1S/C21H26N2O2S/c1-15-10-12-19(13-11-15)22-20(24)14-26-17(3)21(25)23(4)16(2)18-8-6-5-7-9-18/h5-13,16-17H,14H2,1-4H3,(H,22,24). The molecule has 26 heavy (non-hydrogen) atoms. The van der Waals surface area contributed by atoms with Gasteiger partial charge in [-0.25, -0.2) is 0 Å². The lowest BCUT2D eigenvalue weighted by atomic mass is 10.1. The summed E-state index contributed by atoms with van der Waals surface area (Å²) >= 11 is 1.35. The Balaban J connectivity index is 1.84. The molecule has 0 aliphatic heterocycles. The summed E-state index contributed by atoms with van der Waals surface area (Å²) in [6.07, 6.45) is 0. The van der Waals surface area contributed by atoms with E-state index in [1.807, 2.05) is 82.4 Å². The third kappa shape index (κ3) is 5.63. The summed E-state index contributed by atoms with van der Waals surface area (Å²) in [5.41, 5.74) is 3.01. The molecule has 138 valence electrons. The molecule has 0 bridgehead atoms. The maximum Gasteiger partial charge on any atom is 0.235 e. The van der Waals surface area contributed by atoms with Crippen LogP contribution in [0.25, 0.3) is 0 Å². The summed E-state index contributed by atoms with van der Waals surface area (Å²) in [4.78, 5) is 26.5. The van der Waals surface area contributed by atoms with Gasteiger partial charge in [-0.15, -0.1) is 11.8 Å². The van der Waals surface area contributed by atoms with Crippen molar-refractivity contribution in [1.29, 1.82) is 0 Å². The van der Waals surface area contributed by atoms with Crippen LogP contribution in [0.15, 0.2) is 54.6 Å². The molecule has 5 heteroatoms. The van der Waals surface area contributed by atoms with E-state index < -0.39 is 0 Å². The van der Waals surface area contributed by atoms with Crippen LogP contribution >= 0.6 is 11.8 Å². The quantitative estimate of drug-likeness (QED) is 0.792. The van der Waals surface area contributed by atoms with Gasteiger partial charge in [0.2, 0.25) is 11.8 Å². The smallest absolute Gasteiger partial charge is 0.235 e. The fourth-order valence-electron chi connectivity index (χ4n) is 2.54. The van der Waals surface area contributed by atoms with Gasteiger partial charge >= 0.3 is 0 Å².